The van der Waals surface area contributed by atoms with Gasteiger partial charge in [-0.1, -0.05) is 38.3 Å². The van der Waals surface area contributed by atoms with Crippen molar-refractivity contribution in [1.82, 2.24) is 0 Å². The van der Waals surface area contributed by atoms with Crippen molar-refractivity contribution in [3.8, 4) is 0 Å². The second-order valence-corrected chi connectivity index (χ2v) is 4.15. The number of rotatable bonds is 9. The zero-order valence-corrected chi connectivity index (χ0v) is 11.7. The van der Waals surface area contributed by atoms with Gasteiger partial charge in [-0.2, -0.15) is 0 Å². The topological polar surface area (TPSA) is 26.0 Å². The Hall–Kier alpha value is -0.0800. The van der Waals surface area contributed by atoms with Gasteiger partial charge >= 0.3 is 0 Å². The lowest BCUT2D eigenvalue weighted by Gasteiger charge is -2.30. The van der Waals surface area contributed by atoms with Gasteiger partial charge in [0, 0.05) is 0 Å². The molecule has 15 heavy (non-hydrogen) atoms. The largest absolute Gasteiger partial charge is 0.330 e. The molecule has 0 aliphatic carbocycles. The fourth-order valence-electron chi connectivity index (χ4n) is 1.92. The average Bonchev–Trinajstić information content (AvgIpc) is 2.19. The highest BCUT2D eigenvalue weighted by Crippen LogP contribution is 2.32. The molecular weight excluding hydrogens is 250 g/mol. The van der Waals surface area contributed by atoms with Crippen LogP contribution in [0.2, 0.25) is 0 Å². The third-order valence-electron chi connectivity index (χ3n) is 2.90. The van der Waals surface area contributed by atoms with Gasteiger partial charge in [-0.15, -0.1) is 30.1 Å². The zero-order chi connectivity index (χ0) is 10.9. The van der Waals surface area contributed by atoms with Gasteiger partial charge in [0.15, 0.2) is 0 Å². The van der Waals surface area contributed by atoms with Gasteiger partial charge < -0.3 is 5.73 Å². The minimum atomic E-state index is 0. The molecule has 1 nitrogen and oxygen atoms in total. The predicted molar refractivity (Wildman–Crippen MR) is 75.6 cm³/mol. The van der Waals surface area contributed by atoms with Crippen molar-refractivity contribution in [1.29, 1.82) is 0 Å². The normalized spacial score (nSPS) is 10.5. The van der Waals surface area contributed by atoms with Crippen LogP contribution in [-0.2, 0) is 0 Å². The summed E-state index contributed by atoms with van der Waals surface area (Å²) in [6, 6.07) is 0. The van der Waals surface area contributed by atoms with E-state index in [1.54, 1.807) is 0 Å². The number of nitrogens with two attached hydrogens (primary N) is 1. The van der Waals surface area contributed by atoms with Crippen LogP contribution < -0.4 is 5.73 Å². The van der Waals surface area contributed by atoms with Crippen molar-refractivity contribution >= 4 is 17.0 Å². The molecule has 0 saturated heterocycles. The first-order valence-corrected chi connectivity index (χ1v) is 5.66. The van der Waals surface area contributed by atoms with Gasteiger partial charge in [0.2, 0.25) is 0 Å². The van der Waals surface area contributed by atoms with Crippen LogP contribution in [0.1, 0.15) is 45.4 Å². The van der Waals surface area contributed by atoms with Crippen LogP contribution in [-0.4, -0.2) is 6.54 Å². The lowest BCUT2D eigenvalue weighted by atomic mass is 9.77. The Kier molecular flexibility index (Phi) is 12.1. The van der Waals surface area contributed by atoms with Gasteiger partial charge in [0.05, 0.1) is 0 Å². The quantitative estimate of drug-likeness (QED) is 0.494. The second kappa shape index (κ2) is 10.4. The molecule has 0 amide bonds. The van der Waals surface area contributed by atoms with Gasteiger partial charge in [-0.05, 0) is 31.2 Å². The Labute approximate surface area is 106 Å². The molecule has 2 N–H and O–H groups in total. The average molecular weight is 276 g/mol. The number of hydrogen-bond acceptors (Lipinski definition) is 1. The van der Waals surface area contributed by atoms with Crippen molar-refractivity contribution in [3.05, 3.63) is 25.3 Å². The molecule has 0 aromatic rings. The summed E-state index contributed by atoms with van der Waals surface area (Å²) in [6.45, 7) is 10.6. The zero-order valence-electron chi connectivity index (χ0n) is 10.0. The second-order valence-electron chi connectivity index (χ2n) is 4.15. The number of allylic oxidation sites excluding steroid dienone is 2. The maximum absolute atomic E-state index is 5.87. The molecule has 0 atom stereocenters. The van der Waals surface area contributed by atoms with E-state index in [9.17, 15) is 0 Å². The summed E-state index contributed by atoms with van der Waals surface area (Å²) in [4.78, 5) is 0. The van der Waals surface area contributed by atoms with E-state index in [4.69, 9.17) is 5.73 Å². The molecule has 2 heteroatoms. The maximum Gasteiger partial charge on any atom is -0.00146 e. The summed E-state index contributed by atoms with van der Waals surface area (Å²) in [5.41, 5.74) is 6.10. The van der Waals surface area contributed by atoms with Crippen molar-refractivity contribution in [2.24, 2.45) is 11.1 Å². The van der Waals surface area contributed by atoms with E-state index in [0.29, 0.717) is 0 Å². The third-order valence-corrected chi connectivity index (χ3v) is 2.90. The summed E-state index contributed by atoms with van der Waals surface area (Å²) in [5, 5.41) is 0. The van der Waals surface area contributed by atoms with Gasteiger partial charge in [0.1, 0.15) is 0 Å². The molecule has 0 radical (unpaired) electrons. The van der Waals surface area contributed by atoms with E-state index in [2.05, 4.69) is 20.1 Å². The first-order valence-electron chi connectivity index (χ1n) is 5.66. The Balaban J connectivity index is 0. The summed E-state index contributed by atoms with van der Waals surface area (Å²) >= 11 is 0. The lowest BCUT2D eigenvalue weighted by Crippen LogP contribution is -2.29. The third kappa shape index (κ3) is 6.91. The molecule has 0 saturated carbocycles. The minimum Gasteiger partial charge on any atom is -0.330 e. The molecule has 0 aromatic carbocycles. The molecule has 0 bridgehead atoms. The van der Waals surface area contributed by atoms with E-state index in [0.717, 1.165) is 19.4 Å². The summed E-state index contributed by atoms with van der Waals surface area (Å²) in [6.07, 6.45) is 11.0. The van der Waals surface area contributed by atoms with Crippen molar-refractivity contribution in [2.75, 3.05) is 6.54 Å². The smallest absolute Gasteiger partial charge is 0.00146 e. The van der Waals surface area contributed by atoms with Crippen LogP contribution in [0, 0.1) is 5.41 Å². The Morgan fingerprint density at radius 2 is 1.67 bits per heavy atom. The molecule has 90 valence electrons. The van der Waals surface area contributed by atoms with Crippen LogP contribution >= 0.6 is 17.0 Å². The molecule has 0 aliphatic rings. The lowest BCUT2D eigenvalue weighted by molar-refractivity contribution is 0.269. The van der Waals surface area contributed by atoms with E-state index in [-0.39, 0.29) is 22.4 Å². The van der Waals surface area contributed by atoms with Crippen LogP contribution in [0.15, 0.2) is 25.3 Å². The molecule has 0 heterocycles. The van der Waals surface area contributed by atoms with E-state index >= 15 is 0 Å². The maximum atomic E-state index is 5.87. The highest BCUT2D eigenvalue weighted by Gasteiger charge is 2.24. The van der Waals surface area contributed by atoms with Crippen LogP contribution in [0.25, 0.3) is 0 Å². The number of hydrogen-bond donors (Lipinski definition) is 1. The summed E-state index contributed by atoms with van der Waals surface area (Å²) in [7, 11) is 0. The minimum absolute atomic E-state index is 0. The molecule has 0 spiro atoms. The molecule has 0 fully saturated rings. The Morgan fingerprint density at radius 3 is 2.00 bits per heavy atom. The molecule has 0 aliphatic heterocycles. The number of halogens is 1. The first-order chi connectivity index (χ1) is 6.74. The van der Waals surface area contributed by atoms with E-state index < -0.39 is 0 Å². The standard InChI is InChI=1S/C13H25N.BrH/c1-4-7-8-11-13(12-14,9-5-2)10-6-3;/h5-6H,2-4,7-12,14H2,1H3;1H. The van der Waals surface area contributed by atoms with Crippen LogP contribution in [0.3, 0.4) is 0 Å². The summed E-state index contributed by atoms with van der Waals surface area (Å²) < 4.78 is 0. The fourth-order valence-corrected chi connectivity index (χ4v) is 1.92. The highest BCUT2D eigenvalue weighted by molar-refractivity contribution is 8.93. The molecule has 0 aromatic heterocycles. The molecular formula is C13H26BrN. The van der Waals surface area contributed by atoms with E-state index in [1.807, 2.05) is 12.2 Å². The number of unbranched alkanes of at least 4 members (excludes halogenated alkanes) is 2. The summed E-state index contributed by atoms with van der Waals surface area (Å²) in [5.74, 6) is 0. The van der Waals surface area contributed by atoms with Crippen molar-refractivity contribution in [2.45, 2.75) is 45.4 Å². The fraction of sp³-hybridized carbons (Fsp3) is 0.692. The van der Waals surface area contributed by atoms with Gasteiger partial charge in [0.25, 0.3) is 0 Å². The Morgan fingerprint density at radius 1 is 1.13 bits per heavy atom. The Bertz CT molecular complexity index is 156. The SMILES string of the molecule is Br.C=CCC(CN)(CC=C)CCCCC. The first kappa shape index (κ1) is 17.3. The molecule has 0 rings (SSSR count). The predicted octanol–water partition coefficient (Wildman–Crippen LogP) is 4.24. The van der Waals surface area contributed by atoms with Crippen molar-refractivity contribution in [3.63, 3.8) is 0 Å². The van der Waals surface area contributed by atoms with Gasteiger partial charge in [-0.25, -0.2) is 0 Å². The van der Waals surface area contributed by atoms with Crippen LogP contribution in [0.5, 0.6) is 0 Å². The molecule has 0 unspecified atom stereocenters. The van der Waals surface area contributed by atoms with E-state index in [1.165, 1.54) is 25.7 Å². The van der Waals surface area contributed by atoms with Crippen molar-refractivity contribution < 1.29 is 0 Å². The van der Waals surface area contributed by atoms with Gasteiger partial charge in [-0.3, -0.25) is 0 Å². The van der Waals surface area contributed by atoms with Crippen LogP contribution in [0.4, 0.5) is 0 Å². The highest BCUT2D eigenvalue weighted by atomic mass is 79.9. The monoisotopic (exact) mass is 275 g/mol.